The Morgan fingerprint density at radius 3 is 2.36 bits per heavy atom. The minimum absolute atomic E-state index is 0.120. The zero-order valence-corrected chi connectivity index (χ0v) is 17.2. The maximum absolute atomic E-state index is 13.0. The highest BCUT2D eigenvalue weighted by Gasteiger charge is 2.26. The van der Waals surface area contributed by atoms with Crippen LogP contribution in [0.1, 0.15) is 23.6 Å². The third-order valence-corrected chi connectivity index (χ3v) is 6.22. The average Bonchev–Trinajstić information content (AvgIpc) is 3.01. The molecule has 1 amide bonds. The maximum atomic E-state index is 13.0. The molecular formula is C17H22BrN3O3S. The highest BCUT2D eigenvalue weighted by atomic mass is 79.9. The van der Waals surface area contributed by atoms with Crippen molar-refractivity contribution in [1.82, 2.24) is 14.7 Å². The van der Waals surface area contributed by atoms with Crippen molar-refractivity contribution in [1.29, 1.82) is 0 Å². The van der Waals surface area contributed by atoms with Crippen molar-refractivity contribution >= 4 is 31.8 Å². The van der Waals surface area contributed by atoms with Crippen molar-refractivity contribution in [2.24, 2.45) is 0 Å². The van der Waals surface area contributed by atoms with Crippen LogP contribution in [-0.4, -0.2) is 47.5 Å². The molecule has 0 fully saturated rings. The van der Waals surface area contributed by atoms with E-state index < -0.39 is 9.84 Å². The molecule has 0 radical (unpaired) electrons. The maximum Gasteiger partial charge on any atom is 0.344 e. The molecule has 0 aliphatic carbocycles. The van der Waals surface area contributed by atoms with Gasteiger partial charge in [0.25, 0.3) is 0 Å². The van der Waals surface area contributed by atoms with Gasteiger partial charge in [0.1, 0.15) is 0 Å². The Morgan fingerprint density at radius 2 is 1.84 bits per heavy atom. The minimum Gasteiger partial charge on any atom is -0.322 e. The molecule has 0 aliphatic rings. The lowest BCUT2D eigenvalue weighted by Crippen LogP contribution is -2.36. The zero-order chi connectivity index (χ0) is 18.8. The summed E-state index contributed by atoms with van der Waals surface area (Å²) in [6.45, 7) is 8.36. The van der Waals surface area contributed by atoms with Crippen molar-refractivity contribution in [3.63, 3.8) is 0 Å². The zero-order valence-electron chi connectivity index (χ0n) is 14.8. The molecule has 136 valence electrons. The fraction of sp³-hybridized carbons (Fsp3) is 0.412. The number of halogens is 1. The van der Waals surface area contributed by atoms with Crippen molar-refractivity contribution in [3.05, 3.63) is 41.1 Å². The smallest absolute Gasteiger partial charge is 0.322 e. The molecule has 1 heterocycles. The summed E-state index contributed by atoms with van der Waals surface area (Å²) in [4.78, 5) is 14.3. The first kappa shape index (κ1) is 19.7. The van der Waals surface area contributed by atoms with Gasteiger partial charge in [0.05, 0.1) is 4.90 Å². The van der Waals surface area contributed by atoms with Crippen LogP contribution in [0.5, 0.6) is 0 Å². The third-order valence-electron chi connectivity index (χ3n) is 3.92. The molecule has 8 heteroatoms. The highest BCUT2D eigenvalue weighted by molar-refractivity contribution is 9.09. The predicted molar refractivity (Wildman–Crippen MR) is 100 cm³/mol. The van der Waals surface area contributed by atoms with E-state index in [0.29, 0.717) is 29.5 Å². The van der Waals surface area contributed by atoms with Gasteiger partial charge in [0.2, 0.25) is 9.84 Å². The molecule has 0 bridgehead atoms. The van der Waals surface area contributed by atoms with Crippen molar-refractivity contribution in [2.75, 3.05) is 18.4 Å². The lowest BCUT2D eigenvalue weighted by molar-refractivity contribution is 0.202. The summed E-state index contributed by atoms with van der Waals surface area (Å²) in [5, 5.41) is 4.56. The van der Waals surface area contributed by atoms with E-state index in [1.165, 1.54) is 12.3 Å². The summed E-state index contributed by atoms with van der Waals surface area (Å²) in [5.74, 6) is 0. The number of nitrogens with zero attached hydrogens (tertiary/aromatic N) is 3. The Labute approximate surface area is 156 Å². The molecule has 0 saturated heterocycles. The van der Waals surface area contributed by atoms with E-state index in [9.17, 15) is 13.2 Å². The molecule has 0 saturated carbocycles. The summed E-state index contributed by atoms with van der Waals surface area (Å²) in [5.41, 5.74) is 2.35. The van der Waals surface area contributed by atoms with Crippen LogP contribution >= 0.6 is 15.9 Å². The average molecular weight is 428 g/mol. The topological polar surface area (TPSA) is 72.3 Å². The van der Waals surface area contributed by atoms with E-state index in [2.05, 4.69) is 21.0 Å². The van der Waals surface area contributed by atoms with Crippen LogP contribution in [0.2, 0.25) is 0 Å². The Bertz CT molecular complexity index is 867. The standard InChI is InChI=1S/C17H22BrN3O3S/c1-5-20(9-7-18)17(22)21-8-6-15(19-21)25(23,24)16-13(3)10-12(2)11-14(16)4/h6,8,10-11H,5,7,9H2,1-4H3. The fourth-order valence-corrected chi connectivity index (χ4v) is 4.93. The molecular weight excluding hydrogens is 406 g/mol. The number of carbonyl (C=O) groups is 1. The molecule has 0 unspecified atom stereocenters. The quantitative estimate of drug-likeness (QED) is 0.685. The summed E-state index contributed by atoms with van der Waals surface area (Å²) in [6.07, 6.45) is 1.39. The Hall–Kier alpha value is -1.67. The van der Waals surface area contributed by atoms with Crippen LogP contribution < -0.4 is 0 Å². The van der Waals surface area contributed by atoms with Crippen LogP contribution in [0.4, 0.5) is 4.79 Å². The van der Waals surface area contributed by atoms with Crippen LogP contribution in [0.25, 0.3) is 0 Å². The largest absolute Gasteiger partial charge is 0.344 e. The fourth-order valence-electron chi connectivity index (χ4n) is 2.89. The molecule has 0 aliphatic heterocycles. The number of amides is 1. The summed E-state index contributed by atoms with van der Waals surface area (Å²) in [6, 6.07) is 4.68. The van der Waals surface area contributed by atoms with Gasteiger partial charge in [-0.3, -0.25) is 0 Å². The summed E-state index contributed by atoms with van der Waals surface area (Å²) >= 11 is 3.30. The SMILES string of the molecule is CCN(CCBr)C(=O)n1ccc(S(=O)(=O)c2c(C)cc(C)cc2C)n1. The number of carbonyl (C=O) groups excluding carboxylic acids is 1. The Kier molecular flexibility index (Phi) is 6.05. The van der Waals surface area contributed by atoms with Gasteiger partial charge in [-0.15, -0.1) is 0 Å². The van der Waals surface area contributed by atoms with Gasteiger partial charge in [-0.2, -0.15) is 9.78 Å². The van der Waals surface area contributed by atoms with E-state index in [1.807, 2.05) is 26.0 Å². The van der Waals surface area contributed by atoms with Crippen LogP contribution in [0, 0.1) is 20.8 Å². The van der Waals surface area contributed by atoms with Gasteiger partial charge in [0, 0.05) is 24.6 Å². The molecule has 2 rings (SSSR count). The van der Waals surface area contributed by atoms with E-state index in [-0.39, 0.29) is 16.0 Å². The molecule has 6 nitrogen and oxygen atoms in total. The molecule has 0 spiro atoms. The summed E-state index contributed by atoms with van der Waals surface area (Å²) in [7, 11) is -3.79. The lowest BCUT2D eigenvalue weighted by atomic mass is 10.1. The first-order chi connectivity index (χ1) is 11.7. The second-order valence-corrected chi connectivity index (χ2v) is 8.51. The van der Waals surface area contributed by atoms with Gasteiger partial charge >= 0.3 is 6.03 Å². The van der Waals surface area contributed by atoms with Gasteiger partial charge in [-0.1, -0.05) is 33.6 Å². The normalized spacial score (nSPS) is 11.6. The van der Waals surface area contributed by atoms with E-state index >= 15 is 0 Å². The second-order valence-electron chi connectivity index (χ2n) is 5.88. The first-order valence-corrected chi connectivity index (χ1v) is 10.6. The van der Waals surface area contributed by atoms with Crippen molar-refractivity contribution in [2.45, 2.75) is 37.6 Å². The number of alkyl halides is 1. The van der Waals surface area contributed by atoms with Crippen LogP contribution in [0.3, 0.4) is 0 Å². The van der Waals surface area contributed by atoms with E-state index in [1.54, 1.807) is 18.7 Å². The molecule has 1 aromatic heterocycles. The summed E-state index contributed by atoms with van der Waals surface area (Å²) < 4.78 is 27.0. The number of hydrogen-bond donors (Lipinski definition) is 0. The van der Waals surface area contributed by atoms with E-state index in [4.69, 9.17) is 0 Å². The van der Waals surface area contributed by atoms with Crippen LogP contribution in [0.15, 0.2) is 34.3 Å². The van der Waals surface area contributed by atoms with Gasteiger partial charge in [0.15, 0.2) is 5.03 Å². The number of aryl methyl sites for hydroxylation is 3. The van der Waals surface area contributed by atoms with Crippen LogP contribution in [-0.2, 0) is 9.84 Å². The van der Waals surface area contributed by atoms with E-state index in [0.717, 1.165) is 10.2 Å². The highest BCUT2D eigenvalue weighted by Crippen LogP contribution is 2.27. The third kappa shape index (κ3) is 3.95. The second kappa shape index (κ2) is 7.70. The Morgan fingerprint density at radius 1 is 1.24 bits per heavy atom. The number of aromatic nitrogens is 2. The predicted octanol–water partition coefficient (Wildman–Crippen LogP) is 3.33. The van der Waals surface area contributed by atoms with Crippen molar-refractivity contribution < 1.29 is 13.2 Å². The number of sulfone groups is 1. The monoisotopic (exact) mass is 427 g/mol. The van der Waals surface area contributed by atoms with Gasteiger partial charge in [-0.25, -0.2) is 13.2 Å². The molecule has 25 heavy (non-hydrogen) atoms. The molecule has 2 aromatic rings. The number of hydrogen-bond acceptors (Lipinski definition) is 4. The first-order valence-electron chi connectivity index (χ1n) is 7.96. The number of benzene rings is 1. The minimum atomic E-state index is -3.79. The van der Waals surface area contributed by atoms with Gasteiger partial charge < -0.3 is 4.90 Å². The lowest BCUT2D eigenvalue weighted by Gasteiger charge is -2.18. The van der Waals surface area contributed by atoms with Gasteiger partial charge in [-0.05, 0) is 44.9 Å². The molecule has 1 aromatic carbocycles. The number of rotatable bonds is 5. The Balaban J connectivity index is 2.44. The molecule has 0 atom stereocenters. The van der Waals surface area contributed by atoms with Crippen molar-refractivity contribution in [3.8, 4) is 0 Å². The molecule has 0 N–H and O–H groups in total.